The number of rotatable bonds is 3. The predicted molar refractivity (Wildman–Crippen MR) is 48.4 cm³/mol. The fourth-order valence-electron chi connectivity index (χ4n) is 0.479. The van der Waals surface area contributed by atoms with Gasteiger partial charge in [0.25, 0.3) is 0 Å². The fourth-order valence-corrected chi connectivity index (χ4v) is 1.44. The molecule has 0 fully saturated rings. The smallest absolute Gasteiger partial charge is 0.216 e. The molecule has 0 saturated carbocycles. The van der Waals surface area contributed by atoms with Crippen LogP contribution in [-0.4, -0.2) is 30.9 Å². The molecule has 1 atom stereocenters. The van der Waals surface area contributed by atoms with Crippen molar-refractivity contribution < 1.29 is 13.5 Å². The standard InChI is InChI=1S/C7H17NO3S/c1-6(5-9)8-12(10,11)7(2,3)4/h6,8-9H,5H2,1-4H3/t6-/m0/s1. The van der Waals surface area contributed by atoms with E-state index in [1.807, 2.05) is 0 Å². The highest BCUT2D eigenvalue weighted by molar-refractivity contribution is 7.90. The summed E-state index contributed by atoms with van der Waals surface area (Å²) in [6.45, 7) is 6.26. The van der Waals surface area contributed by atoms with E-state index < -0.39 is 20.8 Å². The lowest BCUT2D eigenvalue weighted by Gasteiger charge is -2.22. The Labute approximate surface area is 74.0 Å². The first-order valence-electron chi connectivity index (χ1n) is 3.83. The zero-order valence-corrected chi connectivity index (χ0v) is 8.77. The summed E-state index contributed by atoms with van der Waals surface area (Å²) >= 11 is 0. The molecule has 4 nitrogen and oxygen atoms in total. The van der Waals surface area contributed by atoms with E-state index >= 15 is 0 Å². The number of hydrogen-bond donors (Lipinski definition) is 2. The van der Waals surface area contributed by atoms with Crippen LogP contribution in [0.15, 0.2) is 0 Å². The molecule has 0 heterocycles. The third-order valence-corrected chi connectivity index (χ3v) is 3.76. The van der Waals surface area contributed by atoms with Gasteiger partial charge in [0.1, 0.15) is 0 Å². The van der Waals surface area contributed by atoms with Crippen LogP contribution in [0.4, 0.5) is 0 Å². The van der Waals surface area contributed by atoms with Crippen molar-refractivity contribution in [2.75, 3.05) is 6.61 Å². The predicted octanol–water partition coefficient (Wildman–Crippen LogP) is 0.0851. The molecule has 0 aromatic heterocycles. The molecule has 0 aromatic rings. The van der Waals surface area contributed by atoms with Gasteiger partial charge in [-0.15, -0.1) is 0 Å². The number of nitrogens with one attached hydrogen (secondary N) is 1. The van der Waals surface area contributed by atoms with Crippen LogP contribution in [0.3, 0.4) is 0 Å². The summed E-state index contributed by atoms with van der Waals surface area (Å²) in [7, 11) is -3.32. The lowest BCUT2D eigenvalue weighted by molar-refractivity contribution is 0.264. The number of hydrogen-bond acceptors (Lipinski definition) is 3. The molecule has 0 saturated heterocycles. The van der Waals surface area contributed by atoms with Gasteiger partial charge in [-0.1, -0.05) is 0 Å². The Morgan fingerprint density at radius 3 is 2.08 bits per heavy atom. The molecular weight excluding hydrogens is 178 g/mol. The normalized spacial score (nSPS) is 16.1. The fraction of sp³-hybridized carbons (Fsp3) is 1.00. The van der Waals surface area contributed by atoms with Crippen molar-refractivity contribution in [1.29, 1.82) is 0 Å². The topological polar surface area (TPSA) is 66.4 Å². The summed E-state index contributed by atoms with van der Waals surface area (Å²) in [5.74, 6) is 0. The molecule has 0 rings (SSSR count). The van der Waals surface area contributed by atoms with E-state index in [1.165, 1.54) is 0 Å². The van der Waals surface area contributed by atoms with Gasteiger partial charge in [-0.2, -0.15) is 0 Å². The monoisotopic (exact) mass is 195 g/mol. The van der Waals surface area contributed by atoms with Gasteiger partial charge < -0.3 is 5.11 Å². The van der Waals surface area contributed by atoms with Gasteiger partial charge in [-0.25, -0.2) is 13.1 Å². The van der Waals surface area contributed by atoms with Gasteiger partial charge in [0.2, 0.25) is 10.0 Å². The maximum absolute atomic E-state index is 11.4. The van der Waals surface area contributed by atoms with Crippen LogP contribution in [0.2, 0.25) is 0 Å². The summed E-state index contributed by atoms with van der Waals surface area (Å²) in [5.41, 5.74) is 0. The van der Waals surface area contributed by atoms with Crippen LogP contribution < -0.4 is 4.72 Å². The lowest BCUT2D eigenvalue weighted by atomic mass is 10.3. The molecule has 0 aliphatic heterocycles. The number of aliphatic hydroxyl groups is 1. The van der Waals surface area contributed by atoms with Crippen molar-refractivity contribution in [3.05, 3.63) is 0 Å². The van der Waals surface area contributed by atoms with Crippen LogP contribution >= 0.6 is 0 Å². The largest absolute Gasteiger partial charge is 0.395 e. The van der Waals surface area contributed by atoms with Crippen LogP contribution in [0.25, 0.3) is 0 Å². The zero-order chi connectivity index (χ0) is 9.99. The Morgan fingerprint density at radius 1 is 1.42 bits per heavy atom. The van der Waals surface area contributed by atoms with Crippen molar-refractivity contribution in [1.82, 2.24) is 4.72 Å². The second-order valence-corrected chi connectivity index (χ2v) is 6.28. The molecule has 0 unspecified atom stereocenters. The minimum atomic E-state index is -3.32. The average molecular weight is 195 g/mol. The molecule has 0 spiro atoms. The molecule has 0 bridgehead atoms. The Balaban J connectivity index is 4.46. The molecule has 2 N–H and O–H groups in total. The molecule has 0 amide bonds. The minimum absolute atomic E-state index is 0.185. The van der Waals surface area contributed by atoms with E-state index in [-0.39, 0.29) is 6.61 Å². The van der Waals surface area contributed by atoms with Crippen molar-refractivity contribution in [2.45, 2.75) is 38.5 Å². The molecule has 0 aliphatic rings. The van der Waals surface area contributed by atoms with E-state index in [0.29, 0.717) is 0 Å². The van der Waals surface area contributed by atoms with Crippen molar-refractivity contribution in [3.8, 4) is 0 Å². The minimum Gasteiger partial charge on any atom is -0.395 e. The third kappa shape index (κ3) is 3.08. The SMILES string of the molecule is C[C@@H](CO)NS(=O)(=O)C(C)(C)C. The zero-order valence-electron chi connectivity index (χ0n) is 7.96. The first-order chi connectivity index (χ1) is 5.20. The summed E-state index contributed by atoms with van der Waals surface area (Å²) in [4.78, 5) is 0. The van der Waals surface area contributed by atoms with Gasteiger partial charge >= 0.3 is 0 Å². The molecule has 5 heteroatoms. The van der Waals surface area contributed by atoms with Gasteiger partial charge in [-0.3, -0.25) is 0 Å². The van der Waals surface area contributed by atoms with E-state index in [4.69, 9.17) is 5.11 Å². The molecule has 74 valence electrons. The molecule has 12 heavy (non-hydrogen) atoms. The molecule has 0 aromatic carbocycles. The first kappa shape index (κ1) is 11.9. The Bertz CT molecular complexity index is 228. The van der Waals surface area contributed by atoms with Crippen LogP contribution in [0, 0.1) is 0 Å². The summed E-state index contributed by atoms with van der Waals surface area (Å²) in [5, 5.41) is 8.64. The highest BCUT2D eigenvalue weighted by Crippen LogP contribution is 2.13. The van der Waals surface area contributed by atoms with E-state index in [0.717, 1.165) is 0 Å². The second-order valence-electron chi connectivity index (χ2n) is 3.82. The van der Waals surface area contributed by atoms with Gasteiger partial charge in [0.05, 0.1) is 11.4 Å². The van der Waals surface area contributed by atoms with Crippen molar-refractivity contribution >= 4 is 10.0 Å². The number of sulfonamides is 1. The average Bonchev–Trinajstić information content (AvgIpc) is 1.84. The summed E-state index contributed by atoms with van der Waals surface area (Å²) in [6, 6.07) is -0.422. The highest BCUT2D eigenvalue weighted by atomic mass is 32.2. The third-order valence-electron chi connectivity index (χ3n) is 1.44. The van der Waals surface area contributed by atoms with E-state index in [2.05, 4.69) is 4.72 Å². The summed E-state index contributed by atoms with van der Waals surface area (Å²) in [6.07, 6.45) is 0. The maximum Gasteiger partial charge on any atom is 0.216 e. The Hall–Kier alpha value is -0.130. The number of aliphatic hydroxyl groups excluding tert-OH is 1. The summed E-state index contributed by atoms with van der Waals surface area (Å²) < 4.78 is 24.3. The van der Waals surface area contributed by atoms with E-state index in [9.17, 15) is 8.42 Å². The van der Waals surface area contributed by atoms with Gasteiger partial charge in [0.15, 0.2) is 0 Å². The Kier molecular flexibility index (Phi) is 3.68. The molecule has 0 aliphatic carbocycles. The second kappa shape index (κ2) is 3.72. The van der Waals surface area contributed by atoms with Crippen LogP contribution in [-0.2, 0) is 10.0 Å². The van der Waals surface area contributed by atoms with Crippen LogP contribution in [0.5, 0.6) is 0 Å². The molecular formula is C7H17NO3S. The van der Waals surface area contributed by atoms with Crippen molar-refractivity contribution in [2.24, 2.45) is 0 Å². The van der Waals surface area contributed by atoms with Crippen LogP contribution in [0.1, 0.15) is 27.7 Å². The molecule has 0 radical (unpaired) electrons. The van der Waals surface area contributed by atoms with E-state index in [1.54, 1.807) is 27.7 Å². The first-order valence-corrected chi connectivity index (χ1v) is 5.32. The Morgan fingerprint density at radius 2 is 1.83 bits per heavy atom. The maximum atomic E-state index is 11.4. The quantitative estimate of drug-likeness (QED) is 0.670. The highest BCUT2D eigenvalue weighted by Gasteiger charge is 2.29. The lowest BCUT2D eigenvalue weighted by Crippen LogP contribution is -2.44. The van der Waals surface area contributed by atoms with Gasteiger partial charge in [0, 0.05) is 6.04 Å². The van der Waals surface area contributed by atoms with Crippen molar-refractivity contribution in [3.63, 3.8) is 0 Å². The van der Waals surface area contributed by atoms with Gasteiger partial charge in [-0.05, 0) is 27.7 Å².